The molecule has 134 valence electrons. The van der Waals surface area contributed by atoms with Crippen LogP contribution in [0.5, 0.6) is 0 Å². The van der Waals surface area contributed by atoms with Crippen LogP contribution < -0.4 is 0 Å². The zero-order chi connectivity index (χ0) is 16.9. The molecule has 0 aromatic heterocycles. The molecular formula is C21H38O2. The van der Waals surface area contributed by atoms with E-state index >= 15 is 0 Å². The van der Waals surface area contributed by atoms with E-state index in [9.17, 15) is 4.79 Å². The van der Waals surface area contributed by atoms with Gasteiger partial charge in [0.25, 0.3) is 0 Å². The van der Waals surface area contributed by atoms with Crippen molar-refractivity contribution >= 4 is 5.97 Å². The Bertz CT molecular complexity index is 344. The fraction of sp³-hybridized carbons (Fsp3) is 0.857. The van der Waals surface area contributed by atoms with Gasteiger partial charge in [-0.2, -0.15) is 0 Å². The molecule has 0 fully saturated rings. The van der Waals surface area contributed by atoms with Gasteiger partial charge >= 0.3 is 5.97 Å². The summed E-state index contributed by atoms with van der Waals surface area (Å²) in [4.78, 5) is 12.0. The van der Waals surface area contributed by atoms with Crippen LogP contribution in [0.3, 0.4) is 0 Å². The third-order valence-electron chi connectivity index (χ3n) is 4.62. The molecule has 23 heavy (non-hydrogen) atoms. The van der Waals surface area contributed by atoms with Gasteiger partial charge in [-0.15, -0.1) is 0 Å². The van der Waals surface area contributed by atoms with Crippen molar-refractivity contribution in [3.63, 3.8) is 0 Å². The van der Waals surface area contributed by atoms with Crippen molar-refractivity contribution in [3.05, 3.63) is 11.8 Å². The van der Waals surface area contributed by atoms with E-state index in [0.717, 1.165) is 18.6 Å². The highest BCUT2D eigenvalue weighted by molar-refractivity contribution is 5.70. The maximum atomic E-state index is 12.0. The molecular weight excluding hydrogens is 284 g/mol. The number of hydrogen-bond donors (Lipinski definition) is 0. The molecule has 0 spiro atoms. The molecule has 1 aliphatic rings. The van der Waals surface area contributed by atoms with E-state index in [0.29, 0.717) is 18.3 Å². The van der Waals surface area contributed by atoms with E-state index in [1.807, 2.05) is 0 Å². The highest BCUT2D eigenvalue weighted by Gasteiger charge is 2.11. The zero-order valence-corrected chi connectivity index (χ0v) is 15.7. The minimum atomic E-state index is -0.0589. The van der Waals surface area contributed by atoms with Crippen LogP contribution in [-0.2, 0) is 9.53 Å². The predicted octanol–water partition coefficient (Wildman–Crippen LogP) is 6.79. The van der Waals surface area contributed by atoms with Gasteiger partial charge in [0.15, 0.2) is 0 Å². The SMILES string of the molecule is CC(C)CC(=O)OC1=CC(C)CCCCCCCCCCCC1. The molecule has 0 heterocycles. The lowest BCUT2D eigenvalue weighted by atomic mass is 10.0. The average Bonchev–Trinajstić information content (AvgIpc) is 2.47. The average molecular weight is 323 g/mol. The normalized spacial score (nSPS) is 22.8. The van der Waals surface area contributed by atoms with Crippen LogP contribution in [-0.4, -0.2) is 5.97 Å². The number of hydrogen-bond acceptors (Lipinski definition) is 2. The molecule has 0 saturated carbocycles. The Morgan fingerprint density at radius 3 is 2.09 bits per heavy atom. The first-order valence-corrected chi connectivity index (χ1v) is 9.99. The van der Waals surface area contributed by atoms with E-state index in [-0.39, 0.29) is 5.97 Å². The highest BCUT2D eigenvalue weighted by Crippen LogP contribution is 2.21. The van der Waals surface area contributed by atoms with E-state index in [1.165, 1.54) is 64.2 Å². The maximum absolute atomic E-state index is 12.0. The van der Waals surface area contributed by atoms with Gasteiger partial charge in [-0.05, 0) is 30.8 Å². The molecule has 0 aromatic carbocycles. The highest BCUT2D eigenvalue weighted by atomic mass is 16.5. The second-order valence-electron chi connectivity index (χ2n) is 7.76. The second kappa shape index (κ2) is 12.6. The summed E-state index contributed by atoms with van der Waals surface area (Å²) in [5.41, 5.74) is 0. The Labute approximate surface area is 144 Å². The van der Waals surface area contributed by atoms with E-state index in [2.05, 4.69) is 26.8 Å². The largest absolute Gasteiger partial charge is 0.431 e. The predicted molar refractivity (Wildman–Crippen MR) is 98.2 cm³/mol. The van der Waals surface area contributed by atoms with Crippen LogP contribution >= 0.6 is 0 Å². The van der Waals surface area contributed by atoms with Crippen molar-refractivity contribution in [2.75, 3.05) is 0 Å². The van der Waals surface area contributed by atoms with Crippen molar-refractivity contribution in [2.24, 2.45) is 11.8 Å². The van der Waals surface area contributed by atoms with Gasteiger partial charge in [-0.25, -0.2) is 0 Å². The number of carbonyl (C=O) groups is 1. The summed E-state index contributed by atoms with van der Waals surface area (Å²) in [7, 11) is 0. The summed E-state index contributed by atoms with van der Waals surface area (Å²) in [6, 6.07) is 0. The molecule has 0 saturated heterocycles. The minimum Gasteiger partial charge on any atom is -0.431 e. The number of rotatable bonds is 3. The summed E-state index contributed by atoms with van der Waals surface area (Å²) in [5.74, 6) is 1.75. The molecule has 1 rings (SSSR count). The molecule has 2 heteroatoms. The lowest BCUT2D eigenvalue weighted by Crippen LogP contribution is -2.09. The van der Waals surface area contributed by atoms with Gasteiger partial charge in [0.2, 0.25) is 0 Å². The monoisotopic (exact) mass is 322 g/mol. The quantitative estimate of drug-likeness (QED) is 0.535. The summed E-state index contributed by atoms with van der Waals surface area (Å²) in [6.07, 6.45) is 18.2. The number of allylic oxidation sites excluding steroid dienone is 2. The molecule has 0 aromatic rings. The smallest absolute Gasteiger partial charge is 0.311 e. The van der Waals surface area contributed by atoms with Gasteiger partial charge in [0.05, 0.1) is 0 Å². The first kappa shape index (κ1) is 20.3. The van der Waals surface area contributed by atoms with Crippen molar-refractivity contribution in [1.29, 1.82) is 0 Å². The fourth-order valence-corrected chi connectivity index (χ4v) is 3.27. The van der Waals surface area contributed by atoms with Crippen LogP contribution in [0, 0.1) is 11.8 Å². The van der Waals surface area contributed by atoms with E-state index < -0.39 is 0 Å². The van der Waals surface area contributed by atoms with Crippen LogP contribution in [0.1, 0.15) is 104 Å². The Kier molecular flexibility index (Phi) is 11.1. The summed E-state index contributed by atoms with van der Waals surface area (Å²) in [6.45, 7) is 6.39. The summed E-state index contributed by atoms with van der Waals surface area (Å²) in [5, 5.41) is 0. The topological polar surface area (TPSA) is 26.3 Å². The van der Waals surface area contributed by atoms with Gasteiger partial charge < -0.3 is 4.74 Å². The molecule has 0 radical (unpaired) electrons. The molecule has 1 atom stereocenters. The molecule has 0 aliphatic heterocycles. The van der Waals surface area contributed by atoms with Crippen LogP contribution in [0.2, 0.25) is 0 Å². The van der Waals surface area contributed by atoms with Crippen LogP contribution in [0.25, 0.3) is 0 Å². The molecule has 1 aliphatic carbocycles. The summed E-state index contributed by atoms with van der Waals surface area (Å²) < 4.78 is 5.68. The minimum absolute atomic E-state index is 0.0589. The van der Waals surface area contributed by atoms with Gasteiger partial charge in [-0.3, -0.25) is 4.79 Å². The van der Waals surface area contributed by atoms with Gasteiger partial charge in [0.1, 0.15) is 5.76 Å². The molecule has 2 nitrogen and oxygen atoms in total. The second-order valence-corrected chi connectivity index (χ2v) is 7.76. The maximum Gasteiger partial charge on any atom is 0.311 e. The molecule has 0 amide bonds. The van der Waals surface area contributed by atoms with Crippen molar-refractivity contribution in [3.8, 4) is 0 Å². The van der Waals surface area contributed by atoms with Crippen molar-refractivity contribution in [2.45, 2.75) is 104 Å². The first-order valence-electron chi connectivity index (χ1n) is 9.99. The number of ether oxygens (including phenoxy) is 1. The summed E-state index contributed by atoms with van der Waals surface area (Å²) >= 11 is 0. The Balaban J connectivity index is 2.55. The van der Waals surface area contributed by atoms with E-state index in [1.54, 1.807) is 0 Å². The number of carbonyl (C=O) groups excluding carboxylic acids is 1. The van der Waals surface area contributed by atoms with Crippen molar-refractivity contribution < 1.29 is 9.53 Å². The van der Waals surface area contributed by atoms with Crippen LogP contribution in [0.4, 0.5) is 0 Å². The zero-order valence-electron chi connectivity index (χ0n) is 15.7. The van der Waals surface area contributed by atoms with E-state index in [4.69, 9.17) is 4.74 Å². The van der Waals surface area contributed by atoms with Gasteiger partial charge in [0, 0.05) is 12.8 Å². The Hall–Kier alpha value is -0.790. The molecule has 0 N–H and O–H groups in total. The Morgan fingerprint density at radius 1 is 1.00 bits per heavy atom. The molecule has 0 bridgehead atoms. The Morgan fingerprint density at radius 2 is 1.52 bits per heavy atom. The van der Waals surface area contributed by atoms with Crippen LogP contribution in [0.15, 0.2) is 11.8 Å². The number of esters is 1. The third-order valence-corrected chi connectivity index (χ3v) is 4.62. The lowest BCUT2D eigenvalue weighted by Gasteiger charge is -2.13. The molecule has 1 unspecified atom stereocenters. The first-order chi connectivity index (χ1) is 11.1. The fourth-order valence-electron chi connectivity index (χ4n) is 3.27. The lowest BCUT2D eigenvalue weighted by molar-refractivity contribution is -0.140. The standard InChI is InChI=1S/C21H38O2/c1-18(2)16-21(22)23-20-15-13-11-9-7-5-4-6-8-10-12-14-19(3)17-20/h17-19H,4-16H2,1-3H3. The van der Waals surface area contributed by atoms with Crippen molar-refractivity contribution in [1.82, 2.24) is 0 Å². The third kappa shape index (κ3) is 11.4. The van der Waals surface area contributed by atoms with Gasteiger partial charge in [-0.1, -0.05) is 78.6 Å².